The van der Waals surface area contributed by atoms with E-state index in [-0.39, 0.29) is 11.8 Å². The van der Waals surface area contributed by atoms with Gasteiger partial charge in [-0.25, -0.2) is 0 Å². The Bertz CT molecular complexity index is 282. The van der Waals surface area contributed by atoms with Gasteiger partial charge in [0.05, 0.1) is 12.1 Å². The summed E-state index contributed by atoms with van der Waals surface area (Å²) >= 11 is 0. The van der Waals surface area contributed by atoms with Gasteiger partial charge in [0.25, 0.3) is 0 Å². The summed E-state index contributed by atoms with van der Waals surface area (Å²) in [6.45, 7) is 6.95. The van der Waals surface area contributed by atoms with Crippen molar-refractivity contribution >= 4 is 11.8 Å². The molecule has 0 saturated carbocycles. The summed E-state index contributed by atoms with van der Waals surface area (Å²) in [7, 11) is 0. The maximum Gasteiger partial charge on any atom is 0.229 e. The zero-order valence-electron chi connectivity index (χ0n) is 8.56. The van der Waals surface area contributed by atoms with Gasteiger partial charge in [0.15, 0.2) is 0 Å². The van der Waals surface area contributed by atoms with Crippen molar-refractivity contribution in [3.05, 3.63) is 25.3 Å². The molecule has 15 heavy (non-hydrogen) atoms. The van der Waals surface area contributed by atoms with E-state index in [0.717, 1.165) is 4.90 Å². The molecule has 0 spiro atoms. The van der Waals surface area contributed by atoms with E-state index < -0.39 is 12.1 Å². The number of aliphatic hydroxyl groups is 1. The average molecular weight is 209 g/mol. The van der Waals surface area contributed by atoms with Gasteiger partial charge in [-0.05, 0) is 6.42 Å². The molecule has 82 valence electrons. The summed E-state index contributed by atoms with van der Waals surface area (Å²) in [6, 6.07) is -0.692. The molecule has 0 radical (unpaired) electrons. The third kappa shape index (κ3) is 2.33. The molecule has 4 nitrogen and oxygen atoms in total. The number of carbonyl (C=O) groups is 2. The molecule has 1 aliphatic rings. The van der Waals surface area contributed by atoms with E-state index in [9.17, 15) is 14.7 Å². The number of piperidine rings is 1. The van der Waals surface area contributed by atoms with Crippen LogP contribution in [0.1, 0.15) is 19.3 Å². The van der Waals surface area contributed by atoms with Crippen LogP contribution in [-0.4, -0.2) is 34.0 Å². The van der Waals surface area contributed by atoms with Crippen molar-refractivity contribution in [2.45, 2.75) is 31.4 Å². The molecule has 1 N–H and O–H groups in total. The minimum absolute atomic E-state index is 0.253. The van der Waals surface area contributed by atoms with Crippen LogP contribution in [0.4, 0.5) is 0 Å². The second-order valence-corrected chi connectivity index (χ2v) is 3.46. The number of imide groups is 1. The Hall–Kier alpha value is -1.42. The topological polar surface area (TPSA) is 57.6 Å². The summed E-state index contributed by atoms with van der Waals surface area (Å²) < 4.78 is 0. The number of likely N-dealkylation sites (tertiary alicyclic amines) is 1. The van der Waals surface area contributed by atoms with Gasteiger partial charge < -0.3 is 5.11 Å². The smallest absolute Gasteiger partial charge is 0.229 e. The maximum atomic E-state index is 11.5. The lowest BCUT2D eigenvalue weighted by atomic mass is 10.0. The maximum absolute atomic E-state index is 11.5. The number of hydrogen-bond acceptors (Lipinski definition) is 3. The molecule has 4 heteroatoms. The largest absolute Gasteiger partial charge is 0.387 e. The fraction of sp³-hybridized carbons (Fsp3) is 0.455. The van der Waals surface area contributed by atoms with E-state index in [4.69, 9.17) is 0 Å². The van der Waals surface area contributed by atoms with E-state index in [2.05, 4.69) is 13.2 Å². The summed E-state index contributed by atoms with van der Waals surface area (Å²) in [4.78, 5) is 24.2. The molecule has 1 fully saturated rings. The molecule has 1 heterocycles. The van der Waals surface area contributed by atoms with E-state index in [1.165, 1.54) is 12.2 Å². The van der Waals surface area contributed by atoms with Crippen molar-refractivity contribution < 1.29 is 14.7 Å². The van der Waals surface area contributed by atoms with Crippen LogP contribution in [0.15, 0.2) is 25.3 Å². The molecule has 0 bridgehead atoms. The van der Waals surface area contributed by atoms with E-state index in [1.54, 1.807) is 0 Å². The van der Waals surface area contributed by atoms with E-state index >= 15 is 0 Å². The third-order valence-electron chi connectivity index (χ3n) is 2.45. The highest BCUT2D eigenvalue weighted by atomic mass is 16.3. The molecule has 1 aliphatic heterocycles. The molecule has 1 saturated heterocycles. The lowest BCUT2D eigenvalue weighted by Crippen LogP contribution is -2.50. The summed E-state index contributed by atoms with van der Waals surface area (Å²) in [5, 5.41) is 9.57. The van der Waals surface area contributed by atoms with Gasteiger partial charge in [0.1, 0.15) is 0 Å². The minimum Gasteiger partial charge on any atom is -0.387 e. The third-order valence-corrected chi connectivity index (χ3v) is 2.45. The molecular formula is C11H15NO3. The first-order valence-electron chi connectivity index (χ1n) is 4.90. The van der Waals surface area contributed by atoms with Crippen molar-refractivity contribution in [1.29, 1.82) is 0 Å². The zero-order chi connectivity index (χ0) is 11.4. The van der Waals surface area contributed by atoms with Crippen molar-refractivity contribution in [2.24, 2.45) is 0 Å². The van der Waals surface area contributed by atoms with Crippen molar-refractivity contribution in [1.82, 2.24) is 4.90 Å². The summed E-state index contributed by atoms with van der Waals surface area (Å²) in [6.07, 6.45) is 3.02. The molecule has 0 aromatic heterocycles. The van der Waals surface area contributed by atoms with Crippen LogP contribution in [0.25, 0.3) is 0 Å². The molecule has 0 aromatic carbocycles. The Morgan fingerprint density at radius 2 is 1.73 bits per heavy atom. The molecular weight excluding hydrogens is 194 g/mol. The average Bonchev–Trinajstić information content (AvgIpc) is 2.22. The van der Waals surface area contributed by atoms with Gasteiger partial charge in [-0.2, -0.15) is 0 Å². The summed E-state index contributed by atoms with van der Waals surface area (Å²) in [5.41, 5.74) is 0. The van der Waals surface area contributed by atoms with Crippen LogP contribution in [-0.2, 0) is 9.59 Å². The van der Waals surface area contributed by atoms with Gasteiger partial charge in [-0.1, -0.05) is 12.2 Å². The van der Waals surface area contributed by atoms with Crippen LogP contribution in [0, 0.1) is 0 Å². The van der Waals surface area contributed by atoms with Gasteiger partial charge in [0.2, 0.25) is 11.8 Å². The second-order valence-electron chi connectivity index (χ2n) is 3.46. The van der Waals surface area contributed by atoms with Crippen LogP contribution < -0.4 is 0 Å². The number of nitrogens with zero attached hydrogens (tertiary/aromatic N) is 1. The van der Waals surface area contributed by atoms with Crippen LogP contribution in [0.2, 0.25) is 0 Å². The fourth-order valence-electron chi connectivity index (χ4n) is 1.64. The molecule has 2 amide bonds. The van der Waals surface area contributed by atoms with Crippen LogP contribution in [0.3, 0.4) is 0 Å². The second kappa shape index (κ2) is 4.89. The van der Waals surface area contributed by atoms with E-state index in [1.807, 2.05) is 0 Å². The highest BCUT2D eigenvalue weighted by Gasteiger charge is 2.33. The number of carbonyl (C=O) groups excluding carboxylic acids is 2. The quantitative estimate of drug-likeness (QED) is 0.545. The number of hydrogen-bond donors (Lipinski definition) is 1. The standard InChI is InChI=1S/C11H15NO3/c1-3-8(9(13)4-2)12-10(14)6-5-7-11(12)15/h3-4,8-9,13H,1-2,5-7H2/t8?,9-/m1/s1. The zero-order valence-corrected chi connectivity index (χ0v) is 8.56. The first kappa shape index (κ1) is 11.7. The highest BCUT2D eigenvalue weighted by Crippen LogP contribution is 2.18. The Labute approximate surface area is 88.9 Å². The van der Waals surface area contributed by atoms with Crippen LogP contribution >= 0.6 is 0 Å². The van der Waals surface area contributed by atoms with E-state index in [0.29, 0.717) is 19.3 Å². The number of rotatable bonds is 4. The number of aliphatic hydroxyl groups excluding tert-OH is 1. The first-order valence-corrected chi connectivity index (χ1v) is 4.90. The molecule has 1 unspecified atom stereocenters. The van der Waals surface area contributed by atoms with Crippen molar-refractivity contribution in [2.75, 3.05) is 0 Å². The Morgan fingerprint density at radius 1 is 1.20 bits per heavy atom. The lowest BCUT2D eigenvalue weighted by Gasteiger charge is -2.32. The predicted octanol–water partition coefficient (Wildman–Crippen LogP) is 0.627. The Kier molecular flexibility index (Phi) is 3.80. The highest BCUT2D eigenvalue weighted by molar-refractivity contribution is 5.98. The normalized spacial score (nSPS) is 21.0. The monoisotopic (exact) mass is 209 g/mol. The van der Waals surface area contributed by atoms with Gasteiger partial charge in [0, 0.05) is 12.8 Å². The SMILES string of the molecule is C=CC([C@H](O)C=C)N1C(=O)CCCC1=O. The Balaban J connectivity index is 2.89. The molecule has 2 atom stereocenters. The van der Waals surface area contributed by atoms with Crippen molar-refractivity contribution in [3.8, 4) is 0 Å². The molecule has 0 aliphatic carbocycles. The van der Waals surface area contributed by atoms with Crippen LogP contribution in [0.5, 0.6) is 0 Å². The molecule has 1 rings (SSSR count). The van der Waals surface area contributed by atoms with Gasteiger partial charge in [-0.3, -0.25) is 14.5 Å². The lowest BCUT2D eigenvalue weighted by molar-refractivity contribution is -0.151. The number of amides is 2. The minimum atomic E-state index is -0.950. The Morgan fingerprint density at radius 3 is 2.13 bits per heavy atom. The summed E-state index contributed by atoms with van der Waals surface area (Å²) in [5.74, 6) is -0.505. The van der Waals surface area contributed by atoms with Crippen molar-refractivity contribution in [3.63, 3.8) is 0 Å². The van der Waals surface area contributed by atoms with Gasteiger partial charge in [-0.15, -0.1) is 13.2 Å². The fourth-order valence-corrected chi connectivity index (χ4v) is 1.64. The first-order chi connectivity index (χ1) is 7.11. The predicted molar refractivity (Wildman–Crippen MR) is 55.9 cm³/mol. The molecule has 0 aromatic rings. The van der Waals surface area contributed by atoms with Gasteiger partial charge >= 0.3 is 0 Å².